The first-order valence-corrected chi connectivity index (χ1v) is 9.27. The lowest BCUT2D eigenvalue weighted by atomic mass is 10.2. The zero-order valence-corrected chi connectivity index (χ0v) is 15.6. The van der Waals surface area contributed by atoms with E-state index in [0.717, 1.165) is 18.8 Å². The van der Waals surface area contributed by atoms with Crippen molar-refractivity contribution in [1.82, 2.24) is 9.97 Å². The van der Waals surface area contributed by atoms with Crippen molar-refractivity contribution in [3.63, 3.8) is 0 Å². The molecule has 0 atom stereocenters. The molecule has 0 unspecified atom stereocenters. The van der Waals surface area contributed by atoms with Crippen molar-refractivity contribution in [2.24, 2.45) is 0 Å². The number of anilines is 4. The van der Waals surface area contributed by atoms with E-state index in [1.807, 2.05) is 24.3 Å². The van der Waals surface area contributed by atoms with E-state index in [2.05, 4.69) is 25.5 Å². The van der Waals surface area contributed by atoms with Gasteiger partial charge in [0.15, 0.2) is 0 Å². The molecule has 1 aliphatic heterocycles. The van der Waals surface area contributed by atoms with Gasteiger partial charge in [-0.25, -0.2) is 14.4 Å². The Morgan fingerprint density at radius 2 is 1.79 bits per heavy atom. The molecule has 0 spiro atoms. The first-order valence-electron chi connectivity index (χ1n) is 9.27. The van der Waals surface area contributed by atoms with Crippen LogP contribution < -0.4 is 15.5 Å². The Kier molecular flexibility index (Phi) is 5.62. The Bertz CT molecular complexity index is 990. The normalized spacial score (nSPS) is 13.8. The topological polar surface area (TPSA) is 79.4 Å². The van der Waals surface area contributed by atoms with Crippen molar-refractivity contribution in [1.29, 1.82) is 0 Å². The first-order chi connectivity index (χ1) is 14.2. The maximum atomic E-state index is 13.1. The highest BCUT2D eigenvalue weighted by molar-refractivity contribution is 6.05. The van der Waals surface area contributed by atoms with Crippen LogP contribution in [0, 0.1) is 5.82 Å². The molecule has 8 heteroatoms. The number of halogens is 1. The molecule has 4 rings (SSSR count). The lowest BCUT2D eigenvalue weighted by Gasteiger charge is -2.30. The number of para-hydroxylation sites is 2. The van der Waals surface area contributed by atoms with Crippen molar-refractivity contribution >= 4 is 28.8 Å². The summed E-state index contributed by atoms with van der Waals surface area (Å²) in [5.41, 5.74) is 2.55. The zero-order valence-electron chi connectivity index (χ0n) is 15.6. The third-order valence-corrected chi connectivity index (χ3v) is 4.52. The van der Waals surface area contributed by atoms with Gasteiger partial charge in [0.05, 0.1) is 24.6 Å². The number of carbonyl (C=O) groups excluding carboxylic acids is 1. The number of carbonyl (C=O) groups is 1. The van der Waals surface area contributed by atoms with Crippen LogP contribution in [0.4, 0.5) is 27.3 Å². The molecule has 1 amide bonds. The number of nitrogens with one attached hydrogen (secondary N) is 2. The van der Waals surface area contributed by atoms with Gasteiger partial charge in [-0.3, -0.25) is 4.79 Å². The molecule has 0 bridgehead atoms. The third kappa shape index (κ3) is 4.67. The standard InChI is InChI=1S/C21H20FN5O2/c22-15-5-7-16(8-6-15)25-20-13-18(23-14-24-20)21(28)26-17-3-1-2-4-19(17)27-9-11-29-12-10-27/h1-8,13-14H,9-12H2,(H,26,28)(H,23,24,25). The van der Waals surface area contributed by atoms with Gasteiger partial charge < -0.3 is 20.3 Å². The van der Waals surface area contributed by atoms with Gasteiger partial charge in [-0.1, -0.05) is 12.1 Å². The Morgan fingerprint density at radius 1 is 1.03 bits per heavy atom. The summed E-state index contributed by atoms with van der Waals surface area (Å²) in [6.45, 7) is 2.86. The van der Waals surface area contributed by atoms with Crippen LogP contribution >= 0.6 is 0 Å². The van der Waals surface area contributed by atoms with Crippen molar-refractivity contribution in [3.8, 4) is 0 Å². The van der Waals surface area contributed by atoms with Crippen molar-refractivity contribution in [2.75, 3.05) is 41.8 Å². The van der Waals surface area contributed by atoms with Gasteiger partial charge in [0.1, 0.15) is 23.7 Å². The van der Waals surface area contributed by atoms with E-state index < -0.39 is 0 Å². The van der Waals surface area contributed by atoms with Gasteiger partial charge in [0.25, 0.3) is 5.91 Å². The van der Waals surface area contributed by atoms with Crippen LogP contribution in [0.2, 0.25) is 0 Å². The van der Waals surface area contributed by atoms with E-state index in [1.165, 1.54) is 18.5 Å². The summed E-state index contributed by atoms with van der Waals surface area (Å²) < 4.78 is 18.5. The third-order valence-electron chi connectivity index (χ3n) is 4.52. The smallest absolute Gasteiger partial charge is 0.274 e. The fourth-order valence-corrected chi connectivity index (χ4v) is 3.08. The lowest BCUT2D eigenvalue weighted by Crippen LogP contribution is -2.36. The molecule has 2 aromatic carbocycles. The summed E-state index contributed by atoms with van der Waals surface area (Å²) in [4.78, 5) is 23.2. The Morgan fingerprint density at radius 3 is 2.59 bits per heavy atom. The molecular weight excluding hydrogens is 373 g/mol. The maximum Gasteiger partial charge on any atom is 0.274 e. The van der Waals surface area contributed by atoms with Gasteiger partial charge in [-0.05, 0) is 36.4 Å². The number of amides is 1. The van der Waals surface area contributed by atoms with E-state index in [4.69, 9.17) is 4.74 Å². The fraction of sp³-hybridized carbons (Fsp3) is 0.190. The van der Waals surface area contributed by atoms with Crippen LogP contribution in [0.3, 0.4) is 0 Å². The largest absolute Gasteiger partial charge is 0.378 e. The Hall–Kier alpha value is -3.52. The molecule has 0 radical (unpaired) electrons. The number of nitrogens with zero attached hydrogens (tertiary/aromatic N) is 3. The summed E-state index contributed by atoms with van der Waals surface area (Å²) >= 11 is 0. The first kappa shape index (κ1) is 18.8. The predicted molar refractivity (Wildman–Crippen MR) is 109 cm³/mol. The molecule has 3 aromatic rings. The SMILES string of the molecule is O=C(Nc1ccccc1N1CCOCC1)c1cc(Nc2ccc(F)cc2)ncn1. The second-order valence-corrected chi connectivity index (χ2v) is 6.49. The average Bonchev–Trinajstić information content (AvgIpc) is 2.76. The van der Waals surface area contributed by atoms with E-state index in [-0.39, 0.29) is 17.4 Å². The molecule has 148 valence electrons. The highest BCUT2D eigenvalue weighted by Gasteiger charge is 2.17. The van der Waals surface area contributed by atoms with Crippen LogP contribution in [-0.2, 0) is 4.74 Å². The molecular formula is C21H20FN5O2. The minimum atomic E-state index is -0.338. The molecule has 1 aromatic heterocycles. The summed E-state index contributed by atoms with van der Waals surface area (Å²) in [6, 6.07) is 15.1. The number of ether oxygens (including phenoxy) is 1. The van der Waals surface area contributed by atoms with Crippen LogP contribution in [0.25, 0.3) is 0 Å². The minimum Gasteiger partial charge on any atom is -0.378 e. The van der Waals surface area contributed by atoms with E-state index >= 15 is 0 Å². The summed E-state index contributed by atoms with van der Waals surface area (Å²) in [6.07, 6.45) is 1.31. The minimum absolute atomic E-state index is 0.224. The molecule has 2 N–H and O–H groups in total. The number of aromatic nitrogens is 2. The van der Waals surface area contributed by atoms with Crippen LogP contribution in [0.5, 0.6) is 0 Å². The zero-order chi connectivity index (χ0) is 20.1. The van der Waals surface area contributed by atoms with Crippen LogP contribution in [0.15, 0.2) is 60.9 Å². The molecule has 1 fully saturated rings. The average molecular weight is 393 g/mol. The second-order valence-electron chi connectivity index (χ2n) is 6.49. The Labute approximate surface area is 167 Å². The molecule has 7 nitrogen and oxygen atoms in total. The van der Waals surface area contributed by atoms with E-state index in [1.54, 1.807) is 18.2 Å². The number of morpholine rings is 1. The van der Waals surface area contributed by atoms with Gasteiger partial charge in [-0.2, -0.15) is 0 Å². The number of hydrogen-bond acceptors (Lipinski definition) is 6. The number of hydrogen-bond donors (Lipinski definition) is 2. The van der Waals surface area contributed by atoms with Crippen molar-refractivity contribution < 1.29 is 13.9 Å². The summed E-state index contributed by atoms with van der Waals surface area (Å²) in [5, 5.41) is 5.97. The number of benzene rings is 2. The number of rotatable bonds is 5. The monoisotopic (exact) mass is 393 g/mol. The lowest BCUT2D eigenvalue weighted by molar-refractivity contribution is 0.102. The highest BCUT2D eigenvalue weighted by atomic mass is 19.1. The molecule has 0 aliphatic carbocycles. The Balaban J connectivity index is 1.50. The maximum absolute atomic E-state index is 13.1. The second kappa shape index (κ2) is 8.66. The fourth-order valence-electron chi connectivity index (χ4n) is 3.08. The van der Waals surface area contributed by atoms with Gasteiger partial charge in [-0.15, -0.1) is 0 Å². The molecule has 29 heavy (non-hydrogen) atoms. The quantitative estimate of drug-likeness (QED) is 0.691. The molecule has 1 saturated heterocycles. The van der Waals surface area contributed by atoms with Gasteiger partial charge in [0, 0.05) is 24.8 Å². The molecule has 1 aliphatic rings. The van der Waals surface area contributed by atoms with Crippen LogP contribution in [0.1, 0.15) is 10.5 Å². The molecule has 2 heterocycles. The van der Waals surface area contributed by atoms with E-state index in [9.17, 15) is 9.18 Å². The van der Waals surface area contributed by atoms with Crippen molar-refractivity contribution in [3.05, 3.63) is 72.4 Å². The highest BCUT2D eigenvalue weighted by Crippen LogP contribution is 2.27. The summed E-state index contributed by atoms with van der Waals surface area (Å²) in [7, 11) is 0. The predicted octanol–water partition coefficient (Wildman–Crippen LogP) is 3.45. The summed E-state index contributed by atoms with van der Waals surface area (Å²) in [5.74, 6) is -0.217. The van der Waals surface area contributed by atoms with Crippen molar-refractivity contribution in [2.45, 2.75) is 0 Å². The van der Waals surface area contributed by atoms with Gasteiger partial charge >= 0.3 is 0 Å². The van der Waals surface area contributed by atoms with E-state index in [0.29, 0.717) is 30.4 Å². The van der Waals surface area contributed by atoms with Crippen LogP contribution in [-0.4, -0.2) is 42.2 Å². The molecule has 0 saturated carbocycles. The van der Waals surface area contributed by atoms with Gasteiger partial charge in [0.2, 0.25) is 0 Å².